The highest BCUT2D eigenvalue weighted by molar-refractivity contribution is 6.01. The highest BCUT2D eigenvalue weighted by Crippen LogP contribution is 2.29. The fourth-order valence-electron chi connectivity index (χ4n) is 3.81. The van der Waals surface area contributed by atoms with Gasteiger partial charge >= 0.3 is 12.1 Å². The van der Waals surface area contributed by atoms with E-state index in [1.165, 1.54) is 4.90 Å². The number of esters is 1. The van der Waals surface area contributed by atoms with Crippen molar-refractivity contribution in [1.82, 2.24) is 10.2 Å². The summed E-state index contributed by atoms with van der Waals surface area (Å²) in [6.07, 6.45) is 8.32. The quantitative estimate of drug-likeness (QED) is 0.128. The molecule has 0 radical (unpaired) electrons. The molecular weight excluding hydrogens is 474 g/mol. The van der Waals surface area contributed by atoms with E-state index >= 15 is 0 Å². The lowest BCUT2D eigenvalue weighted by molar-refractivity contribution is -0.160. The Labute approximate surface area is 219 Å². The van der Waals surface area contributed by atoms with E-state index in [1.54, 1.807) is 13.1 Å². The lowest BCUT2D eigenvalue weighted by Gasteiger charge is -2.29. The van der Waals surface area contributed by atoms with E-state index in [4.69, 9.17) is 14.2 Å². The van der Waals surface area contributed by atoms with Crippen LogP contribution in [0, 0.1) is 0 Å². The minimum atomic E-state index is -0.878. The van der Waals surface area contributed by atoms with Crippen LogP contribution in [-0.2, 0) is 30.4 Å². The minimum absolute atomic E-state index is 0.0330. The molecule has 1 fully saturated rings. The van der Waals surface area contributed by atoms with Crippen LogP contribution in [0.4, 0.5) is 4.79 Å². The van der Waals surface area contributed by atoms with Gasteiger partial charge in [-0.2, -0.15) is 0 Å². The van der Waals surface area contributed by atoms with Crippen molar-refractivity contribution >= 4 is 23.9 Å². The largest absolute Gasteiger partial charge is 0.455 e. The van der Waals surface area contributed by atoms with Gasteiger partial charge < -0.3 is 19.1 Å². The number of unbranched alkanes of at least 4 members (excludes halogenated alkanes) is 3. The van der Waals surface area contributed by atoms with Crippen LogP contribution < -0.4 is 5.32 Å². The fraction of sp³-hybridized carbons (Fsp3) is 0.500. The maximum Gasteiger partial charge on any atom is 0.437 e. The zero-order valence-electron chi connectivity index (χ0n) is 21.8. The second-order valence-electron chi connectivity index (χ2n) is 9.05. The van der Waals surface area contributed by atoms with Crippen LogP contribution in [0.3, 0.4) is 0 Å². The van der Waals surface area contributed by atoms with Crippen molar-refractivity contribution in [3.63, 3.8) is 0 Å². The van der Waals surface area contributed by atoms with E-state index in [9.17, 15) is 14.4 Å². The number of amides is 2. The first-order valence-corrected chi connectivity index (χ1v) is 12.7. The van der Waals surface area contributed by atoms with Gasteiger partial charge in [0.05, 0.1) is 13.2 Å². The van der Waals surface area contributed by atoms with Crippen LogP contribution in [0.1, 0.15) is 56.9 Å². The normalized spacial score (nSPS) is 17.1. The monoisotopic (exact) mass is 513 g/mol. The molecule has 0 bridgehead atoms. The van der Waals surface area contributed by atoms with Gasteiger partial charge in [-0.15, -0.1) is 18.2 Å². The molecule has 1 aromatic rings. The molecule has 0 spiro atoms. The topological polar surface area (TPSA) is 107 Å². The summed E-state index contributed by atoms with van der Waals surface area (Å²) in [5.74, 6) is -0.893. The Bertz CT molecular complexity index is 925. The number of aliphatic imine (C=N–C) groups is 1. The summed E-state index contributed by atoms with van der Waals surface area (Å²) in [6, 6.07) is 9.18. The van der Waals surface area contributed by atoms with Crippen LogP contribution in [0.5, 0.6) is 0 Å². The smallest absolute Gasteiger partial charge is 0.437 e. The second-order valence-corrected chi connectivity index (χ2v) is 9.05. The standard InChI is InChI=1S/C28H39N3O6/c1-4-6-8-9-13-16-24(32)29-26(30-27(34)36-21-23-14-11-10-12-15-23)31(3)20-25(33)37-28(17-7-5-2)18-19-35-22-28/h4-5,10-12,14-15H,1-2,6-9,13,16-22H2,3H3,(H,29,30,32,34). The van der Waals surface area contributed by atoms with Crippen molar-refractivity contribution in [2.24, 2.45) is 4.99 Å². The van der Waals surface area contributed by atoms with Gasteiger partial charge in [0.25, 0.3) is 0 Å². The van der Waals surface area contributed by atoms with E-state index in [-0.39, 0.29) is 31.4 Å². The Hall–Kier alpha value is -3.46. The van der Waals surface area contributed by atoms with Crippen molar-refractivity contribution in [1.29, 1.82) is 0 Å². The van der Waals surface area contributed by atoms with Crippen molar-refractivity contribution in [2.75, 3.05) is 26.8 Å². The third-order valence-electron chi connectivity index (χ3n) is 5.90. The Morgan fingerprint density at radius 3 is 2.57 bits per heavy atom. The van der Waals surface area contributed by atoms with Crippen LogP contribution in [0.2, 0.25) is 0 Å². The number of hydrogen-bond acceptors (Lipinski definition) is 6. The molecule has 1 unspecified atom stereocenters. The van der Waals surface area contributed by atoms with E-state index in [0.29, 0.717) is 38.9 Å². The maximum atomic E-state index is 12.8. The number of rotatable bonds is 14. The average Bonchev–Trinajstić information content (AvgIpc) is 3.34. The predicted octanol–water partition coefficient (Wildman–Crippen LogP) is 4.53. The number of guanidine groups is 1. The molecule has 37 heavy (non-hydrogen) atoms. The third-order valence-corrected chi connectivity index (χ3v) is 5.90. The number of carbonyl (C=O) groups excluding carboxylic acids is 3. The SMILES string of the molecule is C=CCCCCCC(=O)NC(=NC(=O)OCc1ccccc1)N(C)CC(=O)OC1(CCC=C)CCOC1. The number of ether oxygens (including phenoxy) is 3. The van der Waals surface area contributed by atoms with Gasteiger partial charge in [0.15, 0.2) is 0 Å². The summed E-state index contributed by atoms with van der Waals surface area (Å²) in [5, 5.41) is 2.65. The molecule has 202 valence electrons. The Morgan fingerprint density at radius 1 is 1.14 bits per heavy atom. The molecule has 1 aliphatic rings. The van der Waals surface area contributed by atoms with Gasteiger partial charge in [-0.3, -0.25) is 14.9 Å². The Balaban J connectivity index is 2.02. The number of allylic oxidation sites excluding steroid dienone is 2. The number of likely N-dealkylation sites (N-methyl/N-ethyl adjacent to an activating group) is 1. The molecule has 2 amide bonds. The molecule has 0 aliphatic carbocycles. The molecule has 1 aliphatic heterocycles. The first-order chi connectivity index (χ1) is 17.9. The predicted molar refractivity (Wildman–Crippen MR) is 142 cm³/mol. The van der Waals surface area contributed by atoms with Crippen LogP contribution >= 0.6 is 0 Å². The van der Waals surface area contributed by atoms with Gasteiger partial charge in [0, 0.05) is 19.9 Å². The molecule has 1 atom stereocenters. The van der Waals surface area contributed by atoms with Crippen LogP contribution in [-0.4, -0.2) is 61.2 Å². The zero-order chi connectivity index (χ0) is 26.9. The van der Waals surface area contributed by atoms with Crippen molar-refractivity contribution in [2.45, 2.75) is 63.6 Å². The average molecular weight is 514 g/mol. The molecule has 0 saturated carbocycles. The van der Waals surface area contributed by atoms with Crippen molar-refractivity contribution in [3.05, 3.63) is 61.2 Å². The van der Waals surface area contributed by atoms with Crippen molar-refractivity contribution in [3.8, 4) is 0 Å². The van der Waals surface area contributed by atoms with Crippen molar-refractivity contribution < 1.29 is 28.6 Å². The lowest BCUT2D eigenvalue weighted by Crippen LogP contribution is -2.46. The molecule has 1 saturated heterocycles. The summed E-state index contributed by atoms with van der Waals surface area (Å²) < 4.78 is 16.5. The van der Waals surface area contributed by atoms with E-state index in [2.05, 4.69) is 23.5 Å². The van der Waals surface area contributed by atoms with Crippen LogP contribution in [0.25, 0.3) is 0 Å². The molecule has 1 N–H and O–H groups in total. The number of hydrogen-bond donors (Lipinski definition) is 1. The highest BCUT2D eigenvalue weighted by atomic mass is 16.6. The number of carbonyl (C=O) groups is 3. The summed E-state index contributed by atoms with van der Waals surface area (Å²) in [7, 11) is 1.55. The number of nitrogens with one attached hydrogen (secondary N) is 1. The molecule has 9 nitrogen and oxygen atoms in total. The molecular formula is C28H39N3O6. The van der Waals surface area contributed by atoms with Gasteiger partial charge in [-0.05, 0) is 37.7 Å². The molecule has 2 rings (SSSR count). The lowest BCUT2D eigenvalue weighted by atomic mass is 9.96. The second kappa shape index (κ2) is 16.3. The molecule has 0 aromatic heterocycles. The van der Waals surface area contributed by atoms with E-state index in [1.807, 2.05) is 36.4 Å². The summed E-state index contributed by atoms with van der Waals surface area (Å²) in [6.45, 7) is 8.08. The summed E-state index contributed by atoms with van der Waals surface area (Å²) >= 11 is 0. The van der Waals surface area contributed by atoms with E-state index in [0.717, 1.165) is 24.8 Å². The molecule has 9 heteroatoms. The minimum Gasteiger partial charge on any atom is -0.455 e. The zero-order valence-corrected chi connectivity index (χ0v) is 21.8. The first kappa shape index (κ1) is 29.8. The summed E-state index contributed by atoms with van der Waals surface area (Å²) in [4.78, 5) is 43.1. The van der Waals surface area contributed by atoms with Gasteiger partial charge in [0.1, 0.15) is 18.8 Å². The van der Waals surface area contributed by atoms with E-state index < -0.39 is 17.7 Å². The molecule has 1 heterocycles. The van der Waals surface area contributed by atoms with Gasteiger partial charge in [0.2, 0.25) is 11.9 Å². The maximum absolute atomic E-state index is 12.8. The number of nitrogens with zero attached hydrogens (tertiary/aromatic N) is 2. The highest BCUT2D eigenvalue weighted by Gasteiger charge is 2.38. The Morgan fingerprint density at radius 2 is 1.89 bits per heavy atom. The summed E-state index contributed by atoms with van der Waals surface area (Å²) in [5.41, 5.74) is 0.101. The van der Waals surface area contributed by atoms with Gasteiger partial charge in [-0.1, -0.05) is 48.9 Å². The Kier molecular flexibility index (Phi) is 13.1. The molecule has 1 aromatic carbocycles. The third kappa shape index (κ3) is 11.4. The number of benzene rings is 1. The van der Waals surface area contributed by atoms with Crippen LogP contribution in [0.15, 0.2) is 60.6 Å². The fourth-order valence-corrected chi connectivity index (χ4v) is 3.81. The first-order valence-electron chi connectivity index (χ1n) is 12.7. The van der Waals surface area contributed by atoms with Gasteiger partial charge in [-0.25, -0.2) is 4.79 Å².